The highest BCUT2D eigenvalue weighted by Crippen LogP contribution is 2.15. The van der Waals surface area contributed by atoms with Gasteiger partial charge in [-0.2, -0.15) is 8.42 Å². The van der Waals surface area contributed by atoms with Gasteiger partial charge in [0.1, 0.15) is 0 Å². The molecule has 0 fully saturated rings. The summed E-state index contributed by atoms with van der Waals surface area (Å²) in [6.45, 7) is 2.12. The van der Waals surface area contributed by atoms with E-state index in [4.69, 9.17) is 0 Å². The van der Waals surface area contributed by atoms with Crippen molar-refractivity contribution in [1.29, 1.82) is 0 Å². The minimum Gasteiger partial charge on any atom is -0.227 e. The zero-order chi connectivity index (χ0) is 11.7. The second kappa shape index (κ2) is 8.02. The first-order valence-electron chi connectivity index (χ1n) is 5.56. The summed E-state index contributed by atoms with van der Waals surface area (Å²) in [6.07, 6.45) is 6.60. The van der Waals surface area contributed by atoms with Crippen molar-refractivity contribution >= 4 is 10.2 Å². The van der Waals surface area contributed by atoms with Crippen molar-refractivity contribution in [3.05, 3.63) is 0 Å². The Balaban J connectivity index is 3.32. The van der Waals surface area contributed by atoms with Crippen LogP contribution in [0.25, 0.3) is 0 Å². The molecule has 0 rings (SSSR count). The van der Waals surface area contributed by atoms with Gasteiger partial charge in [0.2, 0.25) is 5.50 Å². The van der Waals surface area contributed by atoms with E-state index >= 15 is 0 Å². The van der Waals surface area contributed by atoms with Crippen LogP contribution in [0.1, 0.15) is 58.3 Å². The van der Waals surface area contributed by atoms with E-state index in [1.807, 2.05) is 0 Å². The van der Waals surface area contributed by atoms with E-state index in [0.717, 1.165) is 25.7 Å². The molecule has 0 heterocycles. The van der Waals surface area contributed by atoms with Gasteiger partial charge in [-0.15, -0.1) is 3.89 Å². The highest BCUT2D eigenvalue weighted by atomic mass is 32.3. The summed E-state index contributed by atoms with van der Waals surface area (Å²) in [5, 5.41) is 0. The summed E-state index contributed by atoms with van der Waals surface area (Å²) in [4.78, 5) is 0. The third-order valence-electron chi connectivity index (χ3n) is 2.34. The van der Waals surface area contributed by atoms with Gasteiger partial charge < -0.3 is 0 Å². The summed E-state index contributed by atoms with van der Waals surface area (Å²) in [7, 11) is -4.97. The van der Waals surface area contributed by atoms with Gasteiger partial charge in [0.15, 0.2) is 0 Å². The van der Waals surface area contributed by atoms with Crippen LogP contribution in [0.2, 0.25) is 0 Å². The molecule has 0 bridgehead atoms. The van der Waals surface area contributed by atoms with Crippen molar-refractivity contribution < 1.29 is 16.7 Å². The Morgan fingerprint density at radius 2 is 1.47 bits per heavy atom. The first-order chi connectivity index (χ1) is 6.98. The smallest absolute Gasteiger partial charge is 0.227 e. The van der Waals surface area contributed by atoms with Gasteiger partial charge in [-0.25, -0.2) is 4.39 Å². The number of alkyl halides is 1. The van der Waals surface area contributed by atoms with Gasteiger partial charge in [-0.1, -0.05) is 45.4 Å². The van der Waals surface area contributed by atoms with Crippen LogP contribution in [0.3, 0.4) is 0 Å². The van der Waals surface area contributed by atoms with Crippen molar-refractivity contribution in [3.8, 4) is 0 Å². The maximum atomic E-state index is 12.6. The van der Waals surface area contributed by atoms with Gasteiger partial charge in [0.25, 0.3) is 0 Å². The molecular weight excluding hydrogens is 222 g/mol. The number of halogens is 2. The summed E-state index contributed by atoms with van der Waals surface area (Å²) >= 11 is 0. The zero-order valence-electron chi connectivity index (χ0n) is 9.21. The fourth-order valence-corrected chi connectivity index (χ4v) is 1.85. The minimum absolute atomic E-state index is 0.216. The summed E-state index contributed by atoms with van der Waals surface area (Å²) in [5.74, 6) is 0. The number of hydrogen-bond donors (Lipinski definition) is 0. The molecule has 5 heteroatoms. The van der Waals surface area contributed by atoms with Gasteiger partial charge in [-0.3, -0.25) is 0 Å². The van der Waals surface area contributed by atoms with Crippen LogP contribution in [0, 0.1) is 0 Å². The van der Waals surface area contributed by atoms with E-state index in [2.05, 4.69) is 6.92 Å². The molecule has 2 nitrogen and oxygen atoms in total. The second-order valence-electron chi connectivity index (χ2n) is 3.80. The third-order valence-corrected chi connectivity index (χ3v) is 3.19. The molecule has 0 aliphatic heterocycles. The molecule has 0 radical (unpaired) electrons. The fourth-order valence-electron chi connectivity index (χ4n) is 1.40. The van der Waals surface area contributed by atoms with Crippen LogP contribution < -0.4 is 0 Å². The number of rotatable bonds is 9. The highest BCUT2D eigenvalue weighted by Gasteiger charge is 2.22. The lowest BCUT2D eigenvalue weighted by molar-refractivity contribution is 0.370. The van der Waals surface area contributed by atoms with E-state index in [9.17, 15) is 16.7 Å². The predicted octanol–water partition coefficient (Wildman–Crippen LogP) is 3.72. The van der Waals surface area contributed by atoms with E-state index in [1.54, 1.807) is 0 Å². The topological polar surface area (TPSA) is 34.1 Å². The van der Waals surface area contributed by atoms with Crippen molar-refractivity contribution in [2.75, 3.05) is 0 Å². The molecule has 15 heavy (non-hydrogen) atoms. The molecule has 0 saturated heterocycles. The monoisotopic (exact) mass is 242 g/mol. The van der Waals surface area contributed by atoms with Crippen molar-refractivity contribution in [2.45, 2.75) is 63.8 Å². The molecule has 1 atom stereocenters. The molecule has 0 amide bonds. The average Bonchev–Trinajstić information content (AvgIpc) is 2.14. The van der Waals surface area contributed by atoms with E-state index in [1.165, 1.54) is 12.8 Å². The molecule has 0 aliphatic rings. The SMILES string of the molecule is CCCCCCCCCC(F)S(=O)(=O)F. The van der Waals surface area contributed by atoms with E-state index in [0.29, 0.717) is 6.42 Å². The Hall–Kier alpha value is -0.190. The van der Waals surface area contributed by atoms with Gasteiger partial charge in [0, 0.05) is 0 Å². The Labute approximate surface area is 91.3 Å². The lowest BCUT2D eigenvalue weighted by Gasteiger charge is -2.03. The van der Waals surface area contributed by atoms with Crippen LogP contribution in [-0.4, -0.2) is 13.9 Å². The highest BCUT2D eigenvalue weighted by molar-refractivity contribution is 7.86. The van der Waals surface area contributed by atoms with Crippen LogP contribution in [0.15, 0.2) is 0 Å². The second-order valence-corrected chi connectivity index (χ2v) is 5.26. The first kappa shape index (κ1) is 14.8. The molecule has 0 aromatic heterocycles. The lowest BCUT2D eigenvalue weighted by atomic mass is 10.1. The van der Waals surface area contributed by atoms with E-state index in [-0.39, 0.29) is 6.42 Å². The maximum absolute atomic E-state index is 12.6. The summed E-state index contributed by atoms with van der Waals surface area (Å²) in [6, 6.07) is 0. The standard InChI is InChI=1S/C10H20F2O2S/c1-2-3-4-5-6-7-8-9-10(11)15(12,13)14/h10H,2-9H2,1H3. The quantitative estimate of drug-likeness (QED) is 0.456. The van der Waals surface area contributed by atoms with E-state index < -0.39 is 15.7 Å². The summed E-state index contributed by atoms with van der Waals surface area (Å²) in [5.41, 5.74) is -2.33. The van der Waals surface area contributed by atoms with Crippen molar-refractivity contribution in [2.24, 2.45) is 0 Å². The van der Waals surface area contributed by atoms with Crippen molar-refractivity contribution in [1.82, 2.24) is 0 Å². The van der Waals surface area contributed by atoms with Gasteiger partial charge in [0.05, 0.1) is 0 Å². The zero-order valence-corrected chi connectivity index (χ0v) is 10.0. The Bertz CT molecular complexity index is 240. The van der Waals surface area contributed by atoms with Crippen LogP contribution in [0.5, 0.6) is 0 Å². The number of unbranched alkanes of at least 4 members (excludes halogenated alkanes) is 6. The van der Waals surface area contributed by atoms with Gasteiger partial charge >= 0.3 is 10.2 Å². The van der Waals surface area contributed by atoms with Gasteiger partial charge in [-0.05, 0) is 12.8 Å². The molecule has 1 unspecified atom stereocenters. The Morgan fingerprint density at radius 3 is 1.93 bits per heavy atom. The Kier molecular flexibility index (Phi) is 7.92. The average molecular weight is 242 g/mol. The first-order valence-corrected chi connectivity index (χ1v) is 7.00. The largest absolute Gasteiger partial charge is 0.334 e. The summed E-state index contributed by atoms with van der Waals surface area (Å²) < 4.78 is 44.8. The molecule has 0 aromatic carbocycles. The molecule has 92 valence electrons. The van der Waals surface area contributed by atoms with Crippen LogP contribution in [0.4, 0.5) is 8.28 Å². The molecular formula is C10H20F2O2S. The van der Waals surface area contributed by atoms with Crippen LogP contribution in [-0.2, 0) is 10.2 Å². The van der Waals surface area contributed by atoms with Crippen molar-refractivity contribution in [3.63, 3.8) is 0 Å². The Morgan fingerprint density at radius 1 is 1.00 bits per heavy atom. The van der Waals surface area contributed by atoms with Crippen LogP contribution >= 0.6 is 0 Å². The third kappa shape index (κ3) is 8.78. The maximum Gasteiger partial charge on any atom is 0.334 e. The molecule has 0 aliphatic carbocycles. The predicted molar refractivity (Wildman–Crippen MR) is 57.5 cm³/mol. The lowest BCUT2D eigenvalue weighted by Crippen LogP contribution is -2.10. The fraction of sp³-hybridized carbons (Fsp3) is 1.00. The molecule has 0 aromatic rings. The normalized spacial score (nSPS) is 14.1. The molecule has 0 N–H and O–H groups in total. The molecule has 0 spiro atoms. The minimum atomic E-state index is -4.97. The molecule has 0 saturated carbocycles. The number of hydrogen-bond acceptors (Lipinski definition) is 2.